The number of benzene rings is 3. The lowest BCUT2D eigenvalue weighted by Crippen LogP contribution is -2.31. The molecule has 0 saturated carbocycles. The second kappa shape index (κ2) is 12.1. The summed E-state index contributed by atoms with van der Waals surface area (Å²) in [6.07, 6.45) is 5.53. The highest BCUT2D eigenvalue weighted by molar-refractivity contribution is 6.53. The molecule has 3 aromatic carbocycles. The number of rotatable bonds is 6. The fraction of sp³-hybridized carbons (Fsp3) is 0.148. The van der Waals surface area contributed by atoms with Crippen LogP contribution < -0.4 is 10.0 Å². The van der Waals surface area contributed by atoms with Crippen molar-refractivity contribution in [2.24, 2.45) is 0 Å². The van der Waals surface area contributed by atoms with Crippen LogP contribution in [0.25, 0.3) is 11.1 Å². The molecule has 0 aliphatic rings. The van der Waals surface area contributed by atoms with Crippen molar-refractivity contribution in [3.63, 3.8) is 0 Å². The zero-order valence-corrected chi connectivity index (χ0v) is 18.6. The number of halogens is 5. The standard InChI is InChI=1S/C14H16N.C13H7BF5/c1-2-10-15-11-8-14(9-12-15)13-6-4-3-5-7-13;15-9-8(10(16)12(18)13(19)11(9)17)14-6-7-4-2-1-3-5-7/h3-9,11-12H,2,10H2,1H3;1-5H,6H2/q+1;. The molecule has 0 aliphatic carbocycles. The number of aryl methyl sites for hydroxylation is 1. The smallest absolute Gasteiger partial charge is 0.200 e. The molecule has 0 amide bonds. The van der Waals surface area contributed by atoms with E-state index < -0.39 is 34.5 Å². The maximum atomic E-state index is 13.4. The normalized spacial score (nSPS) is 10.4. The van der Waals surface area contributed by atoms with Gasteiger partial charge in [0.1, 0.15) is 6.54 Å². The molecule has 0 unspecified atom stereocenters. The van der Waals surface area contributed by atoms with Gasteiger partial charge in [-0.2, -0.15) is 0 Å². The summed E-state index contributed by atoms with van der Waals surface area (Å²) in [6, 6.07) is 23.3. The van der Waals surface area contributed by atoms with Crippen LogP contribution in [0.3, 0.4) is 0 Å². The first-order chi connectivity index (χ1) is 16.4. The molecular weight excluding hydrogens is 444 g/mol. The Bertz CT molecular complexity index is 1170. The molecule has 1 radical (unpaired) electrons. The van der Waals surface area contributed by atoms with E-state index in [9.17, 15) is 22.0 Å². The molecule has 4 aromatic rings. The highest BCUT2D eigenvalue weighted by atomic mass is 19.2. The summed E-state index contributed by atoms with van der Waals surface area (Å²) in [7, 11) is 0.978. The van der Waals surface area contributed by atoms with Gasteiger partial charge in [0.25, 0.3) is 0 Å². The van der Waals surface area contributed by atoms with E-state index in [1.165, 1.54) is 17.5 Å². The predicted molar refractivity (Wildman–Crippen MR) is 124 cm³/mol. The third-order valence-electron chi connectivity index (χ3n) is 5.11. The Labute approximate surface area is 196 Å². The van der Waals surface area contributed by atoms with E-state index in [0.29, 0.717) is 5.56 Å². The average Bonchev–Trinajstić information content (AvgIpc) is 2.88. The summed E-state index contributed by atoms with van der Waals surface area (Å²) in [6.45, 7) is 3.28. The largest absolute Gasteiger partial charge is 0.205 e. The van der Waals surface area contributed by atoms with Gasteiger partial charge in [-0.1, -0.05) is 73.2 Å². The van der Waals surface area contributed by atoms with Gasteiger partial charge in [-0.3, -0.25) is 0 Å². The average molecular weight is 467 g/mol. The quantitative estimate of drug-likeness (QED) is 0.108. The number of hydrogen-bond acceptors (Lipinski definition) is 0. The van der Waals surface area contributed by atoms with Gasteiger partial charge in [0.15, 0.2) is 48.8 Å². The highest BCUT2D eigenvalue weighted by Gasteiger charge is 2.25. The number of nitrogens with zero attached hydrogens (tertiary/aromatic N) is 1. The molecule has 1 nitrogen and oxygen atoms in total. The topological polar surface area (TPSA) is 3.88 Å². The molecule has 1 heterocycles. The molecule has 173 valence electrons. The van der Waals surface area contributed by atoms with E-state index >= 15 is 0 Å². The van der Waals surface area contributed by atoms with Crippen LogP contribution in [-0.2, 0) is 12.9 Å². The lowest BCUT2D eigenvalue weighted by Gasteiger charge is -2.07. The first kappa shape index (κ1) is 25.2. The number of pyridine rings is 1. The molecule has 0 bridgehead atoms. The highest BCUT2D eigenvalue weighted by Crippen LogP contribution is 2.17. The Morgan fingerprint density at radius 3 is 1.62 bits per heavy atom. The summed E-state index contributed by atoms with van der Waals surface area (Å²) in [5.41, 5.74) is 2.36. The van der Waals surface area contributed by atoms with E-state index in [-0.39, 0.29) is 6.32 Å². The second-order valence-corrected chi connectivity index (χ2v) is 7.57. The third kappa shape index (κ3) is 6.31. The molecule has 0 N–H and O–H groups in total. The monoisotopic (exact) mass is 467 g/mol. The van der Waals surface area contributed by atoms with Gasteiger partial charge < -0.3 is 0 Å². The van der Waals surface area contributed by atoms with Gasteiger partial charge in [-0.15, -0.1) is 0 Å². The predicted octanol–water partition coefficient (Wildman–Crippen LogP) is 5.96. The maximum Gasteiger partial charge on any atom is 0.200 e. The summed E-state index contributed by atoms with van der Waals surface area (Å²) in [5, 5.41) is 0. The van der Waals surface area contributed by atoms with E-state index in [0.717, 1.165) is 13.8 Å². The Morgan fingerprint density at radius 1 is 0.618 bits per heavy atom. The molecule has 4 rings (SSSR count). The van der Waals surface area contributed by atoms with Crippen LogP contribution in [0.1, 0.15) is 18.9 Å². The van der Waals surface area contributed by atoms with E-state index in [2.05, 4.69) is 60.3 Å². The van der Waals surface area contributed by atoms with Crippen molar-refractivity contribution in [2.45, 2.75) is 26.2 Å². The fourth-order valence-electron chi connectivity index (χ4n) is 3.32. The van der Waals surface area contributed by atoms with Gasteiger partial charge in [0.05, 0.1) is 0 Å². The van der Waals surface area contributed by atoms with Crippen LogP contribution in [0, 0.1) is 29.1 Å². The van der Waals surface area contributed by atoms with E-state index in [1.54, 1.807) is 30.3 Å². The van der Waals surface area contributed by atoms with Crippen molar-refractivity contribution < 1.29 is 26.5 Å². The van der Waals surface area contributed by atoms with Crippen molar-refractivity contribution >= 4 is 12.7 Å². The van der Waals surface area contributed by atoms with Gasteiger partial charge in [0.2, 0.25) is 0 Å². The summed E-state index contributed by atoms with van der Waals surface area (Å²) in [5.74, 6) is -9.64. The van der Waals surface area contributed by atoms with Crippen LogP contribution >= 0.6 is 0 Å². The molecule has 0 aliphatic heterocycles. The molecule has 0 fully saturated rings. The van der Waals surface area contributed by atoms with Gasteiger partial charge in [-0.05, 0) is 22.9 Å². The van der Waals surface area contributed by atoms with Crippen molar-refractivity contribution in [3.8, 4) is 11.1 Å². The first-order valence-electron chi connectivity index (χ1n) is 10.9. The Hall–Kier alpha value is -3.48. The lowest BCUT2D eigenvalue weighted by molar-refractivity contribution is -0.696. The van der Waals surface area contributed by atoms with Crippen LogP contribution in [-0.4, -0.2) is 7.28 Å². The first-order valence-corrected chi connectivity index (χ1v) is 10.9. The molecule has 0 spiro atoms. The summed E-state index contributed by atoms with van der Waals surface area (Å²) >= 11 is 0. The van der Waals surface area contributed by atoms with Gasteiger partial charge in [-0.25, -0.2) is 26.5 Å². The molecule has 0 saturated heterocycles. The fourth-order valence-corrected chi connectivity index (χ4v) is 3.32. The minimum absolute atomic E-state index is 0.0686. The maximum absolute atomic E-state index is 13.4. The van der Waals surface area contributed by atoms with Crippen molar-refractivity contribution in [2.75, 3.05) is 0 Å². The summed E-state index contributed by atoms with van der Waals surface area (Å²) < 4.78 is 67.6. The second-order valence-electron chi connectivity index (χ2n) is 7.57. The molecular formula is C27H23BF5N+. The number of hydrogen-bond donors (Lipinski definition) is 0. The lowest BCUT2D eigenvalue weighted by atomic mass is 9.64. The molecule has 34 heavy (non-hydrogen) atoms. The molecule has 1 aromatic heterocycles. The van der Waals surface area contributed by atoms with Gasteiger partial charge >= 0.3 is 0 Å². The van der Waals surface area contributed by atoms with Crippen LogP contribution in [0.2, 0.25) is 0 Å². The minimum Gasteiger partial charge on any atom is -0.205 e. The zero-order chi connectivity index (χ0) is 24.5. The van der Waals surface area contributed by atoms with Crippen LogP contribution in [0.5, 0.6) is 0 Å². The Kier molecular flexibility index (Phi) is 8.97. The third-order valence-corrected chi connectivity index (χ3v) is 5.11. The van der Waals surface area contributed by atoms with E-state index in [4.69, 9.17) is 0 Å². The SMILES string of the molecule is CCC[n+]1ccc(-c2ccccc2)cc1.Fc1c(F)c(F)c([B]Cc2ccccc2)c(F)c1F. The van der Waals surface area contributed by atoms with E-state index in [1.807, 2.05) is 6.07 Å². The molecule has 0 atom stereocenters. The van der Waals surface area contributed by atoms with Crippen LogP contribution in [0.4, 0.5) is 22.0 Å². The molecule has 7 heteroatoms. The van der Waals surface area contributed by atoms with Crippen molar-refractivity contribution in [3.05, 3.63) is 120 Å². The van der Waals surface area contributed by atoms with Crippen molar-refractivity contribution in [1.82, 2.24) is 0 Å². The van der Waals surface area contributed by atoms with Crippen LogP contribution in [0.15, 0.2) is 85.2 Å². The Balaban J connectivity index is 0.000000196. The zero-order valence-electron chi connectivity index (χ0n) is 18.6. The minimum atomic E-state index is -2.15. The van der Waals surface area contributed by atoms with Gasteiger partial charge in [0, 0.05) is 18.6 Å². The summed E-state index contributed by atoms with van der Waals surface area (Å²) in [4.78, 5) is 0. The number of aromatic nitrogens is 1. The van der Waals surface area contributed by atoms with Crippen molar-refractivity contribution in [1.29, 1.82) is 0 Å². The Morgan fingerprint density at radius 2 is 1.09 bits per heavy atom.